The molecule has 0 unspecified atom stereocenters. The molecule has 0 bridgehead atoms. The maximum Gasteiger partial charge on any atom is 0.435 e. The van der Waals surface area contributed by atoms with Crippen LogP contribution in [0.3, 0.4) is 0 Å². The van der Waals surface area contributed by atoms with Crippen molar-refractivity contribution >= 4 is 23.3 Å². The number of carbonyl (C=O) groups is 2. The molecule has 0 aliphatic rings. The first kappa shape index (κ1) is 30.8. The van der Waals surface area contributed by atoms with Crippen molar-refractivity contribution in [2.45, 2.75) is 46.1 Å². The summed E-state index contributed by atoms with van der Waals surface area (Å²) in [4.78, 5) is 25.2. The minimum Gasteiger partial charge on any atom is -0.507 e. The Morgan fingerprint density at radius 1 is 0.977 bits per heavy atom. The first-order chi connectivity index (χ1) is 20.1. The van der Waals surface area contributed by atoms with E-state index in [0.29, 0.717) is 16.7 Å². The quantitative estimate of drug-likeness (QED) is 0.153. The fourth-order valence-corrected chi connectivity index (χ4v) is 3.93. The van der Waals surface area contributed by atoms with Crippen molar-refractivity contribution in [3.8, 4) is 17.3 Å². The summed E-state index contributed by atoms with van der Waals surface area (Å²) in [5.41, 5.74) is 0.00624. The lowest BCUT2D eigenvalue weighted by Gasteiger charge is -2.19. The number of phenolic OH excluding ortho intramolecular Hbond substituents is 1. The molecular weight excluding hydrogens is 565 g/mol. The van der Waals surface area contributed by atoms with Gasteiger partial charge in [-0.3, -0.25) is 4.79 Å². The Hall–Kier alpha value is -5.13. The molecular formula is C31H29F3N4O5. The van der Waals surface area contributed by atoms with Crippen molar-refractivity contribution in [2.24, 2.45) is 0 Å². The highest BCUT2D eigenvalue weighted by atomic mass is 19.4. The van der Waals surface area contributed by atoms with Gasteiger partial charge in [-0.2, -0.15) is 18.3 Å². The SMILES string of the molecule is CC(=N)c1ccc(NC(=O)c2cccc(-n3nc(C(F)(F)F)cc3OCc3ccc(C(=O)OC(C)(C)C)cc3)c2)cc1O. The highest BCUT2D eigenvalue weighted by Gasteiger charge is 2.35. The van der Waals surface area contributed by atoms with Gasteiger partial charge in [0, 0.05) is 34.7 Å². The van der Waals surface area contributed by atoms with Gasteiger partial charge in [-0.15, -0.1) is 0 Å². The zero-order chi connectivity index (χ0) is 31.5. The smallest absolute Gasteiger partial charge is 0.435 e. The standard InChI is InChI=1S/C31H29F3N4O5/c1-18(35)24-13-12-22(15-25(24)39)36-28(40)21-6-5-7-23(14-21)38-27(16-26(37-38)31(32,33)34)42-17-19-8-10-20(11-9-19)29(41)43-30(2,3)4/h5-16,35,39H,17H2,1-4H3,(H,36,40). The lowest BCUT2D eigenvalue weighted by molar-refractivity contribution is -0.141. The normalized spacial score (nSPS) is 11.6. The molecule has 4 aromatic rings. The number of anilines is 1. The summed E-state index contributed by atoms with van der Waals surface area (Å²) in [6.45, 7) is 6.62. The number of nitrogens with zero attached hydrogens (tertiary/aromatic N) is 2. The summed E-state index contributed by atoms with van der Waals surface area (Å²) >= 11 is 0. The van der Waals surface area contributed by atoms with Gasteiger partial charge in [-0.05, 0) is 75.7 Å². The molecule has 0 fully saturated rings. The fraction of sp³-hybridized carbons (Fsp3) is 0.226. The molecule has 43 heavy (non-hydrogen) atoms. The van der Waals surface area contributed by atoms with Crippen LogP contribution in [0.2, 0.25) is 0 Å². The summed E-state index contributed by atoms with van der Waals surface area (Å²) in [6.07, 6.45) is -4.75. The molecule has 0 aliphatic carbocycles. The van der Waals surface area contributed by atoms with Crippen LogP contribution in [-0.2, 0) is 17.5 Å². The lowest BCUT2D eigenvalue weighted by atomic mass is 10.1. The predicted octanol–water partition coefficient (Wildman–Crippen LogP) is 6.77. The molecule has 4 rings (SSSR count). The van der Waals surface area contributed by atoms with Crippen LogP contribution in [-0.4, -0.2) is 38.1 Å². The number of ether oxygens (including phenoxy) is 2. The van der Waals surface area contributed by atoms with E-state index < -0.39 is 29.3 Å². The molecule has 0 aliphatic heterocycles. The second kappa shape index (κ2) is 12.0. The van der Waals surface area contributed by atoms with E-state index in [9.17, 15) is 27.9 Å². The van der Waals surface area contributed by atoms with Gasteiger partial charge < -0.3 is 25.3 Å². The van der Waals surface area contributed by atoms with Crippen LogP contribution in [0, 0.1) is 5.41 Å². The molecule has 12 heteroatoms. The molecule has 1 aromatic heterocycles. The van der Waals surface area contributed by atoms with Crippen molar-refractivity contribution in [1.82, 2.24) is 9.78 Å². The Balaban J connectivity index is 1.55. The van der Waals surface area contributed by atoms with Gasteiger partial charge in [0.25, 0.3) is 5.91 Å². The first-order valence-corrected chi connectivity index (χ1v) is 13.0. The number of benzene rings is 3. The molecule has 0 atom stereocenters. The number of aromatic nitrogens is 2. The maximum absolute atomic E-state index is 13.6. The molecule has 0 saturated heterocycles. The highest BCUT2D eigenvalue weighted by molar-refractivity contribution is 6.05. The van der Waals surface area contributed by atoms with Crippen molar-refractivity contribution in [3.05, 3.63) is 101 Å². The number of esters is 1. The van der Waals surface area contributed by atoms with Gasteiger partial charge in [-0.1, -0.05) is 18.2 Å². The van der Waals surface area contributed by atoms with Crippen LogP contribution in [0.1, 0.15) is 65.2 Å². The van der Waals surface area contributed by atoms with E-state index in [0.717, 1.165) is 10.7 Å². The molecule has 3 aromatic carbocycles. The summed E-state index contributed by atoms with van der Waals surface area (Å²) in [5, 5.41) is 24.1. The number of hydrogen-bond acceptors (Lipinski definition) is 7. The van der Waals surface area contributed by atoms with Crippen LogP contribution in [0.15, 0.2) is 72.8 Å². The average Bonchev–Trinajstić information content (AvgIpc) is 3.36. The molecule has 9 nitrogen and oxygen atoms in total. The second-order valence-electron chi connectivity index (χ2n) is 10.6. The first-order valence-electron chi connectivity index (χ1n) is 13.0. The molecule has 0 saturated carbocycles. The number of phenols is 1. The van der Waals surface area contributed by atoms with Gasteiger partial charge in [0.1, 0.15) is 18.0 Å². The summed E-state index contributed by atoms with van der Waals surface area (Å²) in [5.74, 6) is -1.50. The van der Waals surface area contributed by atoms with Crippen molar-refractivity contribution in [1.29, 1.82) is 5.41 Å². The van der Waals surface area contributed by atoms with E-state index in [4.69, 9.17) is 14.9 Å². The average molecular weight is 595 g/mol. The Morgan fingerprint density at radius 2 is 1.67 bits per heavy atom. The monoisotopic (exact) mass is 594 g/mol. The highest BCUT2D eigenvalue weighted by Crippen LogP contribution is 2.33. The molecule has 0 radical (unpaired) electrons. The molecule has 3 N–H and O–H groups in total. The van der Waals surface area contributed by atoms with E-state index in [2.05, 4.69) is 10.4 Å². The summed E-state index contributed by atoms with van der Waals surface area (Å²) < 4.78 is 52.8. The Bertz CT molecular complexity index is 1670. The van der Waals surface area contributed by atoms with Crippen LogP contribution in [0.4, 0.5) is 18.9 Å². The van der Waals surface area contributed by atoms with Crippen LogP contribution < -0.4 is 10.1 Å². The number of aromatic hydroxyl groups is 1. The maximum atomic E-state index is 13.6. The number of carbonyl (C=O) groups excluding carboxylic acids is 2. The number of alkyl halides is 3. The largest absolute Gasteiger partial charge is 0.507 e. The van der Waals surface area contributed by atoms with Crippen LogP contribution in [0.25, 0.3) is 5.69 Å². The number of hydrogen-bond donors (Lipinski definition) is 3. The fourth-order valence-electron chi connectivity index (χ4n) is 3.93. The zero-order valence-electron chi connectivity index (χ0n) is 23.7. The molecule has 1 heterocycles. The second-order valence-corrected chi connectivity index (χ2v) is 10.6. The third kappa shape index (κ3) is 7.79. The van der Waals surface area contributed by atoms with Crippen LogP contribution >= 0.6 is 0 Å². The van der Waals surface area contributed by atoms with E-state index in [-0.39, 0.29) is 40.9 Å². The van der Waals surface area contributed by atoms with Gasteiger partial charge in [0.05, 0.1) is 11.3 Å². The molecule has 224 valence electrons. The lowest BCUT2D eigenvalue weighted by Crippen LogP contribution is -2.23. The number of nitrogens with one attached hydrogen (secondary N) is 2. The summed E-state index contributed by atoms with van der Waals surface area (Å²) in [6, 6.07) is 17.1. The van der Waals surface area contributed by atoms with Gasteiger partial charge in [-0.25, -0.2) is 9.48 Å². The Morgan fingerprint density at radius 3 is 2.28 bits per heavy atom. The number of rotatable bonds is 8. The third-order valence-electron chi connectivity index (χ3n) is 5.95. The minimum atomic E-state index is -4.75. The zero-order valence-corrected chi connectivity index (χ0v) is 23.7. The topological polar surface area (TPSA) is 127 Å². The molecule has 0 spiro atoms. The Kier molecular flexibility index (Phi) is 8.60. The van der Waals surface area contributed by atoms with Gasteiger partial charge in [0.2, 0.25) is 5.88 Å². The number of amides is 1. The minimum absolute atomic E-state index is 0.108. The van der Waals surface area contributed by atoms with Crippen LogP contribution in [0.5, 0.6) is 11.6 Å². The van der Waals surface area contributed by atoms with Crippen molar-refractivity contribution in [3.63, 3.8) is 0 Å². The summed E-state index contributed by atoms with van der Waals surface area (Å²) in [7, 11) is 0. The predicted molar refractivity (Wildman–Crippen MR) is 153 cm³/mol. The van der Waals surface area contributed by atoms with E-state index in [1.165, 1.54) is 61.5 Å². The Labute approximate surface area is 245 Å². The number of halogens is 3. The van der Waals surface area contributed by atoms with E-state index in [1.54, 1.807) is 32.9 Å². The van der Waals surface area contributed by atoms with E-state index >= 15 is 0 Å². The molecule has 1 amide bonds. The van der Waals surface area contributed by atoms with E-state index in [1.807, 2.05) is 0 Å². The van der Waals surface area contributed by atoms with Crippen molar-refractivity contribution < 1.29 is 37.3 Å². The van der Waals surface area contributed by atoms with Gasteiger partial charge in [0.15, 0.2) is 5.69 Å². The van der Waals surface area contributed by atoms with Gasteiger partial charge >= 0.3 is 12.1 Å². The van der Waals surface area contributed by atoms with Crippen molar-refractivity contribution in [2.75, 3.05) is 5.32 Å². The third-order valence-corrected chi connectivity index (χ3v) is 5.95.